The first-order valence-electron chi connectivity index (χ1n) is 8.30. The molecule has 2 fully saturated rings. The minimum atomic E-state index is -2.57. The number of hydrogen-bond acceptors (Lipinski definition) is 5. The fourth-order valence-corrected chi connectivity index (χ4v) is 3.65. The van der Waals surface area contributed by atoms with E-state index in [4.69, 9.17) is 4.74 Å². The predicted molar refractivity (Wildman–Crippen MR) is 84.8 cm³/mol. The number of pyridine rings is 1. The predicted octanol–water partition coefficient (Wildman–Crippen LogP) is 1.83. The van der Waals surface area contributed by atoms with Crippen LogP contribution in [0.4, 0.5) is 20.3 Å². The summed E-state index contributed by atoms with van der Waals surface area (Å²) in [4.78, 5) is 11.0. The molecule has 0 aromatic carbocycles. The Kier molecular flexibility index (Phi) is 3.55. The minimum absolute atomic E-state index is 0.231. The molecule has 0 saturated carbocycles. The number of halogens is 2. The van der Waals surface area contributed by atoms with Gasteiger partial charge < -0.3 is 14.5 Å². The maximum atomic E-state index is 13.1. The van der Waals surface area contributed by atoms with Gasteiger partial charge in [0.2, 0.25) is 0 Å². The average molecular weight is 324 g/mol. The van der Waals surface area contributed by atoms with Crippen molar-refractivity contribution in [2.45, 2.75) is 25.3 Å². The van der Waals surface area contributed by atoms with Crippen molar-refractivity contribution in [1.29, 1.82) is 0 Å². The standard InChI is InChI=1S/C16H22F2N4O/c1-2-20-4-5-22-12(9-20)3-6-23-14-7-13(8-19-15(14)22)21-10-16(17,18)11-21/h7-8,12H,2-6,9-11H2,1H3/t12-/m1/s1. The Hall–Kier alpha value is -1.63. The summed E-state index contributed by atoms with van der Waals surface area (Å²) < 4.78 is 32.0. The number of rotatable bonds is 2. The molecule has 7 heteroatoms. The lowest BCUT2D eigenvalue weighted by molar-refractivity contribution is -0.0263. The lowest BCUT2D eigenvalue weighted by Gasteiger charge is -2.42. The third-order valence-electron chi connectivity index (χ3n) is 5.02. The Labute approximate surface area is 134 Å². The molecule has 0 unspecified atom stereocenters. The molecule has 1 atom stereocenters. The molecule has 1 aromatic heterocycles. The monoisotopic (exact) mass is 324 g/mol. The molecule has 0 N–H and O–H groups in total. The van der Waals surface area contributed by atoms with Crippen LogP contribution >= 0.6 is 0 Å². The summed E-state index contributed by atoms with van der Waals surface area (Å²) in [7, 11) is 0. The number of anilines is 2. The van der Waals surface area contributed by atoms with Crippen LogP contribution < -0.4 is 14.5 Å². The molecule has 0 amide bonds. The van der Waals surface area contributed by atoms with Crippen molar-refractivity contribution in [2.75, 3.05) is 55.7 Å². The van der Waals surface area contributed by atoms with Crippen molar-refractivity contribution in [3.8, 4) is 5.75 Å². The number of alkyl halides is 2. The van der Waals surface area contributed by atoms with Gasteiger partial charge in [-0.3, -0.25) is 4.90 Å². The Balaban J connectivity index is 1.57. The van der Waals surface area contributed by atoms with Crippen LogP contribution in [0.25, 0.3) is 0 Å². The van der Waals surface area contributed by atoms with E-state index in [1.807, 2.05) is 6.07 Å². The Morgan fingerprint density at radius 3 is 2.91 bits per heavy atom. The number of hydrogen-bond donors (Lipinski definition) is 0. The van der Waals surface area contributed by atoms with E-state index in [9.17, 15) is 8.78 Å². The number of fused-ring (bicyclic) bond motifs is 3. The van der Waals surface area contributed by atoms with Crippen molar-refractivity contribution in [2.24, 2.45) is 0 Å². The number of aromatic nitrogens is 1. The topological polar surface area (TPSA) is 31.8 Å². The highest BCUT2D eigenvalue weighted by molar-refractivity contribution is 5.62. The Bertz CT molecular complexity index is 589. The fraction of sp³-hybridized carbons (Fsp3) is 0.688. The SMILES string of the molecule is CCN1CCN2c3ncc(N4CC(F)(F)C4)cc3OCC[C@@H]2C1. The average Bonchev–Trinajstić information content (AvgIpc) is 2.70. The molecule has 1 aromatic rings. The summed E-state index contributed by atoms with van der Waals surface area (Å²) in [6, 6.07) is 2.28. The van der Waals surface area contributed by atoms with Gasteiger partial charge in [-0.05, 0) is 6.54 Å². The smallest absolute Gasteiger partial charge is 0.282 e. The second-order valence-electron chi connectivity index (χ2n) is 6.60. The zero-order chi connectivity index (χ0) is 16.0. The molecule has 0 bridgehead atoms. The van der Waals surface area contributed by atoms with Gasteiger partial charge in [0.05, 0.1) is 31.6 Å². The highest BCUT2D eigenvalue weighted by Crippen LogP contribution is 2.38. The van der Waals surface area contributed by atoms with Crippen LogP contribution in [0.5, 0.6) is 5.75 Å². The van der Waals surface area contributed by atoms with Crippen LogP contribution in [-0.4, -0.2) is 67.7 Å². The second-order valence-corrected chi connectivity index (χ2v) is 6.60. The van der Waals surface area contributed by atoms with Crippen molar-refractivity contribution >= 4 is 11.5 Å². The molecular weight excluding hydrogens is 302 g/mol. The van der Waals surface area contributed by atoms with Gasteiger partial charge in [0.15, 0.2) is 11.6 Å². The molecule has 0 aliphatic carbocycles. The molecule has 0 spiro atoms. The van der Waals surface area contributed by atoms with E-state index in [1.54, 1.807) is 11.1 Å². The van der Waals surface area contributed by atoms with E-state index < -0.39 is 5.92 Å². The van der Waals surface area contributed by atoms with Crippen LogP contribution in [0.15, 0.2) is 12.3 Å². The second kappa shape index (κ2) is 5.47. The van der Waals surface area contributed by atoms with Crippen LogP contribution in [0, 0.1) is 0 Å². The first-order chi connectivity index (χ1) is 11.1. The van der Waals surface area contributed by atoms with E-state index in [2.05, 4.69) is 21.7 Å². The molecule has 4 heterocycles. The summed E-state index contributed by atoms with van der Waals surface area (Å²) >= 11 is 0. The minimum Gasteiger partial charge on any atom is -0.490 e. The zero-order valence-corrected chi connectivity index (χ0v) is 13.3. The molecule has 4 rings (SSSR count). The van der Waals surface area contributed by atoms with E-state index >= 15 is 0 Å². The molecule has 0 radical (unpaired) electrons. The molecule has 126 valence electrons. The maximum absolute atomic E-state index is 13.1. The van der Waals surface area contributed by atoms with Crippen LogP contribution in [0.2, 0.25) is 0 Å². The first kappa shape index (κ1) is 14.9. The van der Waals surface area contributed by atoms with E-state index in [1.165, 1.54) is 0 Å². The number of likely N-dealkylation sites (N-methyl/N-ethyl adjacent to an activating group) is 1. The quantitative estimate of drug-likeness (QED) is 0.829. The van der Waals surface area contributed by atoms with Gasteiger partial charge in [-0.15, -0.1) is 0 Å². The van der Waals surface area contributed by atoms with E-state index in [-0.39, 0.29) is 13.1 Å². The number of piperazine rings is 1. The lowest BCUT2D eigenvalue weighted by atomic mass is 10.1. The first-order valence-corrected chi connectivity index (χ1v) is 8.30. The summed E-state index contributed by atoms with van der Waals surface area (Å²) in [5.74, 6) is -0.987. The van der Waals surface area contributed by atoms with Gasteiger partial charge in [0, 0.05) is 38.2 Å². The summed E-state index contributed by atoms with van der Waals surface area (Å²) in [5.41, 5.74) is 0.723. The fourth-order valence-electron chi connectivity index (χ4n) is 3.65. The summed E-state index contributed by atoms with van der Waals surface area (Å²) in [6.45, 7) is 6.42. The van der Waals surface area contributed by atoms with Gasteiger partial charge in [-0.1, -0.05) is 6.92 Å². The summed E-state index contributed by atoms with van der Waals surface area (Å²) in [6.07, 6.45) is 2.66. The molecule has 3 aliphatic heterocycles. The van der Waals surface area contributed by atoms with Gasteiger partial charge in [0.1, 0.15) is 0 Å². The Morgan fingerprint density at radius 2 is 2.17 bits per heavy atom. The van der Waals surface area contributed by atoms with Gasteiger partial charge >= 0.3 is 0 Å². The third kappa shape index (κ3) is 2.71. The molecule has 5 nitrogen and oxygen atoms in total. The number of ether oxygens (including phenoxy) is 1. The molecule has 3 aliphatic rings. The largest absolute Gasteiger partial charge is 0.490 e. The molecule has 2 saturated heterocycles. The van der Waals surface area contributed by atoms with E-state index in [0.717, 1.165) is 49.9 Å². The Morgan fingerprint density at radius 1 is 1.35 bits per heavy atom. The van der Waals surface area contributed by atoms with Crippen LogP contribution in [0.3, 0.4) is 0 Å². The maximum Gasteiger partial charge on any atom is 0.282 e. The zero-order valence-electron chi connectivity index (χ0n) is 13.3. The van der Waals surface area contributed by atoms with Crippen molar-refractivity contribution in [1.82, 2.24) is 9.88 Å². The lowest BCUT2D eigenvalue weighted by Crippen LogP contribution is -2.56. The van der Waals surface area contributed by atoms with Gasteiger partial charge in [0.25, 0.3) is 5.92 Å². The third-order valence-corrected chi connectivity index (χ3v) is 5.02. The van der Waals surface area contributed by atoms with Crippen molar-refractivity contribution < 1.29 is 13.5 Å². The van der Waals surface area contributed by atoms with Crippen LogP contribution in [0.1, 0.15) is 13.3 Å². The van der Waals surface area contributed by atoms with Gasteiger partial charge in [-0.25, -0.2) is 13.8 Å². The normalized spacial score (nSPS) is 26.7. The number of nitrogens with zero attached hydrogens (tertiary/aromatic N) is 4. The molecular formula is C16H22F2N4O. The molecule has 23 heavy (non-hydrogen) atoms. The van der Waals surface area contributed by atoms with Crippen molar-refractivity contribution in [3.05, 3.63) is 12.3 Å². The van der Waals surface area contributed by atoms with Crippen LogP contribution in [-0.2, 0) is 0 Å². The summed E-state index contributed by atoms with van der Waals surface area (Å²) in [5, 5.41) is 0. The van der Waals surface area contributed by atoms with E-state index in [0.29, 0.717) is 12.6 Å². The highest BCUT2D eigenvalue weighted by Gasteiger charge is 2.44. The van der Waals surface area contributed by atoms with Crippen molar-refractivity contribution in [3.63, 3.8) is 0 Å². The highest BCUT2D eigenvalue weighted by atomic mass is 19.3. The van der Waals surface area contributed by atoms with Gasteiger partial charge in [-0.2, -0.15) is 0 Å².